The average molecular weight is 247 g/mol. The van der Waals surface area contributed by atoms with Gasteiger partial charge in [0.05, 0.1) is 0 Å². The monoisotopic (exact) mass is 247 g/mol. The molecule has 0 spiro atoms. The van der Waals surface area contributed by atoms with Crippen molar-refractivity contribution in [3.05, 3.63) is 0 Å². The molecule has 0 aromatic rings. The Hall–Kier alpha value is -0.0400. The van der Waals surface area contributed by atoms with E-state index in [2.05, 4.69) is 5.32 Å². The van der Waals surface area contributed by atoms with Gasteiger partial charge in [0, 0.05) is 6.04 Å². The molecule has 1 saturated heterocycles. The number of hydrogen-bond acceptors (Lipinski definition) is 1. The second-order valence-corrected chi connectivity index (χ2v) is 7.83. The lowest BCUT2D eigenvalue weighted by Gasteiger charge is -2.55. The summed E-state index contributed by atoms with van der Waals surface area (Å²) in [6, 6.07) is 0.870. The quantitative estimate of drug-likeness (QED) is 0.778. The van der Waals surface area contributed by atoms with Gasteiger partial charge < -0.3 is 5.32 Å². The molecule has 102 valence electrons. The Labute approximate surface area is 112 Å². The summed E-state index contributed by atoms with van der Waals surface area (Å²) in [5.41, 5.74) is 0. The van der Waals surface area contributed by atoms with Crippen LogP contribution in [-0.4, -0.2) is 12.6 Å². The van der Waals surface area contributed by atoms with Crippen molar-refractivity contribution in [3.8, 4) is 0 Å². The van der Waals surface area contributed by atoms with Crippen molar-refractivity contribution in [1.82, 2.24) is 5.32 Å². The third-order valence-electron chi connectivity index (χ3n) is 6.64. The van der Waals surface area contributed by atoms with Crippen LogP contribution < -0.4 is 5.32 Å². The standard InChI is InChI=1S/C17H29N/c1-2-4-16(18-5-3-1)11-17-14-7-12-6-13(9-14)10-15(17)8-12/h12-18H,1-11H2. The molecule has 1 N–H and O–H groups in total. The molecular formula is C17H29N. The molecule has 1 aliphatic heterocycles. The third kappa shape index (κ3) is 2.13. The normalized spacial score (nSPS) is 51.3. The Morgan fingerprint density at radius 2 is 1.50 bits per heavy atom. The predicted octanol–water partition coefficient (Wildman–Crippen LogP) is 3.98. The lowest BCUT2D eigenvalue weighted by molar-refractivity contribution is -0.0433. The fraction of sp³-hybridized carbons (Fsp3) is 1.00. The molecule has 1 heterocycles. The first-order valence-electron chi connectivity index (χ1n) is 8.62. The average Bonchev–Trinajstić information content (AvgIpc) is 2.61. The fourth-order valence-corrected chi connectivity index (χ4v) is 6.05. The molecule has 0 aromatic heterocycles. The first-order valence-corrected chi connectivity index (χ1v) is 8.62. The molecule has 18 heavy (non-hydrogen) atoms. The summed E-state index contributed by atoms with van der Waals surface area (Å²) in [6.45, 7) is 1.29. The van der Waals surface area contributed by atoms with Gasteiger partial charge in [-0.2, -0.15) is 0 Å². The second-order valence-electron chi connectivity index (χ2n) is 7.83. The minimum absolute atomic E-state index is 0.870. The molecule has 5 aliphatic rings. The van der Waals surface area contributed by atoms with Crippen LogP contribution in [0.4, 0.5) is 0 Å². The summed E-state index contributed by atoms with van der Waals surface area (Å²) >= 11 is 0. The van der Waals surface area contributed by atoms with E-state index in [-0.39, 0.29) is 0 Å². The van der Waals surface area contributed by atoms with E-state index in [9.17, 15) is 0 Å². The van der Waals surface area contributed by atoms with Crippen LogP contribution in [0.5, 0.6) is 0 Å². The van der Waals surface area contributed by atoms with Crippen molar-refractivity contribution in [2.75, 3.05) is 6.54 Å². The largest absolute Gasteiger partial charge is 0.314 e. The van der Waals surface area contributed by atoms with Crippen molar-refractivity contribution in [1.29, 1.82) is 0 Å². The first-order chi connectivity index (χ1) is 8.88. The van der Waals surface area contributed by atoms with Crippen LogP contribution >= 0.6 is 0 Å². The van der Waals surface area contributed by atoms with E-state index in [4.69, 9.17) is 0 Å². The number of rotatable bonds is 2. The topological polar surface area (TPSA) is 12.0 Å². The molecule has 1 nitrogen and oxygen atoms in total. The SMILES string of the molecule is C1CCNC(CC2C3CC4CC(C3)CC2C4)CC1. The van der Waals surface area contributed by atoms with Gasteiger partial charge in [-0.1, -0.05) is 12.8 Å². The maximum atomic E-state index is 3.84. The first kappa shape index (κ1) is 11.8. The molecule has 1 unspecified atom stereocenters. The zero-order chi connectivity index (χ0) is 11.9. The van der Waals surface area contributed by atoms with Crippen molar-refractivity contribution in [2.45, 2.75) is 70.3 Å². The number of nitrogens with one attached hydrogen (secondary N) is 1. The second kappa shape index (κ2) is 4.81. The molecule has 4 bridgehead atoms. The van der Waals surface area contributed by atoms with Gasteiger partial charge in [-0.25, -0.2) is 0 Å². The van der Waals surface area contributed by atoms with Crippen molar-refractivity contribution >= 4 is 0 Å². The highest BCUT2D eigenvalue weighted by atomic mass is 14.9. The molecule has 0 aromatic carbocycles. The van der Waals surface area contributed by atoms with E-state index < -0.39 is 0 Å². The van der Waals surface area contributed by atoms with Crippen LogP contribution in [-0.2, 0) is 0 Å². The highest BCUT2D eigenvalue weighted by Gasteiger charge is 2.48. The van der Waals surface area contributed by atoms with Crippen LogP contribution in [0.15, 0.2) is 0 Å². The van der Waals surface area contributed by atoms with Crippen LogP contribution in [0.3, 0.4) is 0 Å². The lowest BCUT2D eigenvalue weighted by atomic mass is 9.51. The van der Waals surface area contributed by atoms with Crippen molar-refractivity contribution in [2.24, 2.45) is 29.6 Å². The van der Waals surface area contributed by atoms with E-state index in [1.165, 1.54) is 38.6 Å². The molecular weight excluding hydrogens is 218 g/mol. The van der Waals surface area contributed by atoms with Gasteiger partial charge in [0.15, 0.2) is 0 Å². The Bertz CT molecular complexity index is 262. The van der Waals surface area contributed by atoms with Crippen molar-refractivity contribution in [3.63, 3.8) is 0 Å². The summed E-state index contributed by atoms with van der Waals surface area (Å²) in [6.07, 6.45) is 15.3. The van der Waals surface area contributed by atoms with Gasteiger partial charge in [-0.05, 0) is 87.5 Å². The summed E-state index contributed by atoms with van der Waals surface area (Å²) in [7, 11) is 0. The van der Waals surface area contributed by atoms with Crippen LogP contribution in [0.2, 0.25) is 0 Å². The minimum atomic E-state index is 0.870. The van der Waals surface area contributed by atoms with Crippen LogP contribution in [0.25, 0.3) is 0 Å². The van der Waals surface area contributed by atoms with Gasteiger partial charge in [-0.15, -0.1) is 0 Å². The molecule has 4 saturated carbocycles. The summed E-state index contributed by atoms with van der Waals surface area (Å²) < 4.78 is 0. The van der Waals surface area contributed by atoms with E-state index in [0.29, 0.717) is 0 Å². The summed E-state index contributed by atoms with van der Waals surface area (Å²) in [5.74, 6) is 5.66. The molecule has 1 atom stereocenters. The highest BCUT2D eigenvalue weighted by Crippen LogP contribution is 2.57. The zero-order valence-corrected chi connectivity index (χ0v) is 11.7. The van der Waals surface area contributed by atoms with Crippen LogP contribution in [0, 0.1) is 29.6 Å². The fourth-order valence-electron chi connectivity index (χ4n) is 6.05. The Balaban J connectivity index is 1.42. The Morgan fingerprint density at radius 1 is 0.778 bits per heavy atom. The molecule has 0 amide bonds. The highest BCUT2D eigenvalue weighted by molar-refractivity contribution is 4.99. The predicted molar refractivity (Wildman–Crippen MR) is 75.4 cm³/mol. The maximum absolute atomic E-state index is 3.84. The van der Waals surface area contributed by atoms with Gasteiger partial charge >= 0.3 is 0 Å². The lowest BCUT2D eigenvalue weighted by Crippen LogP contribution is -2.47. The Kier molecular flexibility index (Phi) is 3.14. The molecule has 5 fully saturated rings. The van der Waals surface area contributed by atoms with Gasteiger partial charge in [0.25, 0.3) is 0 Å². The molecule has 1 heteroatoms. The summed E-state index contributed by atoms with van der Waals surface area (Å²) in [4.78, 5) is 0. The maximum Gasteiger partial charge on any atom is 0.00699 e. The zero-order valence-electron chi connectivity index (χ0n) is 11.7. The van der Waals surface area contributed by atoms with Crippen LogP contribution in [0.1, 0.15) is 64.2 Å². The van der Waals surface area contributed by atoms with Crippen molar-refractivity contribution < 1.29 is 0 Å². The van der Waals surface area contributed by atoms with Gasteiger partial charge in [0.2, 0.25) is 0 Å². The van der Waals surface area contributed by atoms with E-state index in [1.807, 2.05) is 0 Å². The number of hydrogen-bond donors (Lipinski definition) is 1. The van der Waals surface area contributed by atoms with E-state index in [1.54, 1.807) is 32.1 Å². The van der Waals surface area contributed by atoms with Gasteiger partial charge in [-0.3, -0.25) is 0 Å². The van der Waals surface area contributed by atoms with E-state index in [0.717, 1.165) is 35.6 Å². The Morgan fingerprint density at radius 3 is 2.22 bits per heavy atom. The minimum Gasteiger partial charge on any atom is -0.314 e. The third-order valence-corrected chi connectivity index (χ3v) is 6.64. The van der Waals surface area contributed by atoms with E-state index >= 15 is 0 Å². The molecule has 0 radical (unpaired) electrons. The summed E-state index contributed by atoms with van der Waals surface area (Å²) in [5, 5.41) is 3.84. The van der Waals surface area contributed by atoms with Gasteiger partial charge in [0.1, 0.15) is 0 Å². The smallest absolute Gasteiger partial charge is 0.00699 e. The molecule has 5 rings (SSSR count). The molecule has 4 aliphatic carbocycles.